The third kappa shape index (κ3) is 3.06. The van der Waals surface area contributed by atoms with Gasteiger partial charge in [0.15, 0.2) is 5.78 Å². The lowest BCUT2D eigenvalue weighted by molar-refractivity contribution is 0.100. The predicted octanol–water partition coefficient (Wildman–Crippen LogP) is 2.41. The Bertz CT molecular complexity index is 717. The van der Waals surface area contributed by atoms with Crippen LogP contribution in [-0.4, -0.2) is 16.7 Å². The van der Waals surface area contributed by atoms with Gasteiger partial charge in [-0.1, -0.05) is 18.2 Å². The summed E-state index contributed by atoms with van der Waals surface area (Å²) in [6.07, 6.45) is 0. The molecule has 1 heterocycles. The summed E-state index contributed by atoms with van der Waals surface area (Å²) in [7, 11) is 0. The molecule has 0 saturated heterocycles. The molecule has 1 aromatic heterocycles. The first-order valence-electron chi connectivity index (χ1n) is 5.89. The number of aromatic nitrogens is 1. The third-order valence-electron chi connectivity index (χ3n) is 2.62. The van der Waals surface area contributed by atoms with Crippen LogP contribution in [-0.2, 0) is 0 Å². The van der Waals surface area contributed by atoms with Gasteiger partial charge in [0, 0.05) is 11.3 Å². The van der Waals surface area contributed by atoms with Crippen LogP contribution < -0.4 is 5.32 Å². The molecule has 0 radical (unpaired) electrons. The van der Waals surface area contributed by atoms with Gasteiger partial charge < -0.3 is 5.32 Å². The van der Waals surface area contributed by atoms with E-state index in [1.807, 2.05) is 6.07 Å². The minimum atomic E-state index is -0.428. The Morgan fingerprint density at radius 2 is 1.95 bits per heavy atom. The maximum absolute atomic E-state index is 12.0. The highest BCUT2D eigenvalue weighted by Crippen LogP contribution is 2.12. The van der Waals surface area contributed by atoms with Crippen LogP contribution in [0.5, 0.6) is 0 Å². The SMILES string of the molecule is CC(=O)c1cccc(NC(=O)c2cccc(C#N)n2)c1. The summed E-state index contributed by atoms with van der Waals surface area (Å²) in [5.41, 5.74) is 1.35. The van der Waals surface area contributed by atoms with Gasteiger partial charge in [0.05, 0.1) is 0 Å². The van der Waals surface area contributed by atoms with Crippen LogP contribution in [0.25, 0.3) is 0 Å². The summed E-state index contributed by atoms with van der Waals surface area (Å²) in [4.78, 5) is 27.2. The van der Waals surface area contributed by atoms with Crippen LogP contribution in [0, 0.1) is 11.3 Å². The molecule has 0 bridgehead atoms. The molecule has 0 fully saturated rings. The van der Waals surface area contributed by atoms with Gasteiger partial charge in [0.25, 0.3) is 5.91 Å². The predicted molar refractivity (Wildman–Crippen MR) is 73.4 cm³/mol. The van der Waals surface area contributed by atoms with Crippen LogP contribution in [0.3, 0.4) is 0 Å². The number of nitrogens with one attached hydrogen (secondary N) is 1. The van der Waals surface area contributed by atoms with Crippen molar-refractivity contribution in [3.05, 3.63) is 59.4 Å². The van der Waals surface area contributed by atoms with Crippen molar-refractivity contribution in [1.82, 2.24) is 4.98 Å². The number of rotatable bonds is 3. The van der Waals surface area contributed by atoms with Crippen LogP contribution in [0.2, 0.25) is 0 Å². The molecule has 0 aliphatic rings. The molecule has 2 aromatic rings. The lowest BCUT2D eigenvalue weighted by Gasteiger charge is -2.06. The number of anilines is 1. The van der Waals surface area contributed by atoms with Crippen molar-refractivity contribution in [2.75, 3.05) is 5.32 Å². The quantitative estimate of drug-likeness (QED) is 0.864. The van der Waals surface area contributed by atoms with Gasteiger partial charge in [-0.05, 0) is 31.2 Å². The molecule has 0 aliphatic heterocycles. The highest BCUT2D eigenvalue weighted by Gasteiger charge is 2.09. The Morgan fingerprint density at radius 1 is 1.20 bits per heavy atom. The molecule has 5 nitrogen and oxygen atoms in total. The molecule has 0 spiro atoms. The minimum absolute atomic E-state index is 0.0781. The number of amides is 1. The number of Topliss-reactive ketones (excluding diaryl/α,β-unsaturated/α-hetero) is 1. The molecule has 20 heavy (non-hydrogen) atoms. The summed E-state index contributed by atoms with van der Waals surface area (Å²) in [5, 5.41) is 11.4. The molecule has 98 valence electrons. The van der Waals surface area contributed by atoms with E-state index in [-0.39, 0.29) is 17.2 Å². The van der Waals surface area contributed by atoms with E-state index in [1.165, 1.54) is 19.1 Å². The van der Waals surface area contributed by atoms with Crippen molar-refractivity contribution in [3.8, 4) is 6.07 Å². The maximum Gasteiger partial charge on any atom is 0.274 e. The number of benzene rings is 1. The molecule has 0 atom stereocenters. The van der Waals surface area contributed by atoms with E-state index in [0.29, 0.717) is 11.3 Å². The molecule has 0 saturated carbocycles. The van der Waals surface area contributed by atoms with E-state index in [2.05, 4.69) is 10.3 Å². The average Bonchev–Trinajstić information content (AvgIpc) is 2.47. The summed E-state index contributed by atoms with van der Waals surface area (Å²) in [6.45, 7) is 1.46. The van der Waals surface area contributed by atoms with Crippen LogP contribution in [0.15, 0.2) is 42.5 Å². The fraction of sp³-hybridized carbons (Fsp3) is 0.0667. The average molecular weight is 265 g/mol. The monoisotopic (exact) mass is 265 g/mol. The summed E-state index contributed by atoms with van der Waals surface area (Å²) in [6, 6.07) is 13.1. The molecule has 1 N–H and O–H groups in total. The molecule has 0 aliphatic carbocycles. The summed E-state index contributed by atoms with van der Waals surface area (Å²) < 4.78 is 0. The van der Waals surface area contributed by atoms with Gasteiger partial charge in [0.1, 0.15) is 17.5 Å². The Balaban J connectivity index is 2.21. The molecular formula is C15H11N3O2. The number of carbonyl (C=O) groups is 2. The van der Waals surface area contributed by atoms with Gasteiger partial charge in [-0.2, -0.15) is 5.26 Å². The zero-order valence-corrected chi connectivity index (χ0v) is 10.8. The lowest BCUT2D eigenvalue weighted by atomic mass is 10.1. The van der Waals surface area contributed by atoms with E-state index in [4.69, 9.17) is 5.26 Å². The van der Waals surface area contributed by atoms with E-state index in [0.717, 1.165) is 0 Å². The maximum atomic E-state index is 12.0. The number of nitriles is 1. The van der Waals surface area contributed by atoms with E-state index >= 15 is 0 Å². The Hall–Kier alpha value is -3.00. The number of nitrogens with zero attached hydrogens (tertiary/aromatic N) is 2. The number of pyridine rings is 1. The minimum Gasteiger partial charge on any atom is -0.321 e. The fourth-order valence-corrected chi connectivity index (χ4v) is 1.63. The zero-order chi connectivity index (χ0) is 14.5. The van der Waals surface area contributed by atoms with Gasteiger partial charge in [0.2, 0.25) is 0 Å². The smallest absolute Gasteiger partial charge is 0.274 e. The topological polar surface area (TPSA) is 82.9 Å². The van der Waals surface area contributed by atoms with Crippen molar-refractivity contribution in [2.24, 2.45) is 0 Å². The van der Waals surface area contributed by atoms with Gasteiger partial charge >= 0.3 is 0 Å². The summed E-state index contributed by atoms with van der Waals surface area (Å²) in [5.74, 6) is -0.506. The molecule has 2 rings (SSSR count). The van der Waals surface area contributed by atoms with Gasteiger partial charge in [-0.3, -0.25) is 9.59 Å². The number of carbonyl (C=O) groups excluding carboxylic acids is 2. The van der Waals surface area contributed by atoms with Crippen molar-refractivity contribution in [1.29, 1.82) is 5.26 Å². The van der Waals surface area contributed by atoms with Crippen LogP contribution in [0.1, 0.15) is 33.5 Å². The molecular weight excluding hydrogens is 254 g/mol. The first-order valence-corrected chi connectivity index (χ1v) is 5.89. The normalized spacial score (nSPS) is 9.60. The Kier molecular flexibility index (Phi) is 3.87. The third-order valence-corrected chi connectivity index (χ3v) is 2.62. The van der Waals surface area contributed by atoms with Gasteiger partial charge in [-0.25, -0.2) is 4.98 Å². The fourth-order valence-electron chi connectivity index (χ4n) is 1.63. The molecule has 0 unspecified atom stereocenters. The van der Waals surface area contributed by atoms with Gasteiger partial charge in [-0.15, -0.1) is 0 Å². The zero-order valence-electron chi connectivity index (χ0n) is 10.8. The number of hydrogen-bond acceptors (Lipinski definition) is 4. The second-order valence-electron chi connectivity index (χ2n) is 4.11. The standard InChI is InChI=1S/C15H11N3O2/c1-10(19)11-4-2-5-12(8-11)18-15(20)14-7-3-6-13(9-16)17-14/h2-8H,1H3,(H,18,20). The van der Waals surface area contributed by atoms with Crippen molar-refractivity contribution >= 4 is 17.4 Å². The first-order chi connectivity index (χ1) is 9.60. The number of ketones is 1. The van der Waals surface area contributed by atoms with Crippen LogP contribution in [0.4, 0.5) is 5.69 Å². The molecule has 1 aromatic carbocycles. The highest BCUT2D eigenvalue weighted by molar-refractivity contribution is 6.04. The molecule has 1 amide bonds. The highest BCUT2D eigenvalue weighted by atomic mass is 16.2. The summed E-state index contributed by atoms with van der Waals surface area (Å²) >= 11 is 0. The second kappa shape index (κ2) is 5.76. The van der Waals surface area contributed by atoms with Crippen molar-refractivity contribution in [2.45, 2.75) is 6.92 Å². The van der Waals surface area contributed by atoms with E-state index < -0.39 is 5.91 Å². The lowest BCUT2D eigenvalue weighted by Crippen LogP contribution is -2.14. The van der Waals surface area contributed by atoms with E-state index in [9.17, 15) is 9.59 Å². The molecule has 5 heteroatoms. The Morgan fingerprint density at radius 3 is 2.65 bits per heavy atom. The Labute approximate surface area is 115 Å². The number of hydrogen-bond donors (Lipinski definition) is 1. The van der Waals surface area contributed by atoms with Crippen molar-refractivity contribution < 1.29 is 9.59 Å². The largest absolute Gasteiger partial charge is 0.321 e. The van der Waals surface area contributed by atoms with E-state index in [1.54, 1.807) is 30.3 Å². The van der Waals surface area contributed by atoms with Crippen LogP contribution >= 0.6 is 0 Å². The van der Waals surface area contributed by atoms with Crippen molar-refractivity contribution in [3.63, 3.8) is 0 Å². The first kappa shape index (κ1) is 13.4. The second-order valence-corrected chi connectivity index (χ2v) is 4.11.